The van der Waals surface area contributed by atoms with Gasteiger partial charge in [-0.2, -0.15) is 0 Å². The molecule has 0 saturated heterocycles. The third kappa shape index (κ3) is 3.82. The molecule has 0 aliphatic rings. The van der Waals surface area contributed by atoms with Gasteiger partial charge in [0.05, 0.1) is 0 Å². The van der Waals surface area contributed by atoms with Gasteiger partial charge in [-0.15, -0.1) is 11.3 Å². The summed E-state index contributed by atoms with van der Waals surface area (Å²) in [5, 5.41) is 1.99. The molecule has 0 aliphatic carbocycles. The van der Waals surface area contributed by atoms with Gasteiger partial charge in [-0.1, -0.05) is 6.07 Å². The Balaban J connectivity index is 2.06. The Hall–Kier alpha value is -0.820. The van der Waals surface area contributed by atoms with Crippen molar-refractivity contribution in [3.05, 3.63) is 56.2 Å². The molecule has 0 radical (unpaired) electrons. The summed E-state index contributed by atoms with van der Waals surface area (Å²) in [7, 11) is 0. The van der Waals surface area contributed by atoms with Gasteiger partial charge in [-0.25, -0.2) is 8.78 Å². The van der Waals surface area contributed by atoms with Crippen LogP contribution < -0.4 is 11.3 Å². The van der Waals surface area contributed by atoms with Crippen LogP contribution in [-0.4, -0.2) is 6.04 Å². The van der Waals surface area contributed by atoms with E-state index in [0.717, 1.165) is 22.5 Å². The lowest BCUT2D eigenvalue weighted by atomic mass is 10.0. The van der Waals surface area contributed by atoms with E-state index < -0.39 is 11.6 Å². The molecule has 1 heterocycles. The summed E-state index contributed by atoms with van der Waals surface area (Å²) in [6.07, 6.45) is 1.27. The molecular weight excluding hydrogens is 334 g/mol. The van der Waals surface area contributed by atoms with Crippen LogP contribution in [0.1, 0.15) is 10.4 Å². The molecule has 19 heavy (non-hydrogen) atoms. The van der Waals surface area contributed by atoms with Crippen molar-refractivity contribution in [2.24, 2.45) is 5.84 Å². The molecule has 102 valence electrons. The third-order valence-electron chi connectivity index (χ3n) is 2.82. The monoisotopic (exact) mass is 346 g/mol. The molecule has 6 heteroatoms. The normalized spacial score (nSPS) is 12.6. The zero-order chi connectivity index (χ0) is 13.8. The fourth-order valence-corrected chi connectivity index (χ4v) is 3.43. The van der Waals surface area contributed by atoms with Gasteiger partial charge in [0.15, 0.2) is 11.6 Å². The summed E-state index contributed by atoms with van der Waals surface area (Å²) >= 11 is 5.10. The molecule has 0 spiro atoms. The highest BCUT2D eigenvalue weighted by Crippen LogP contribution is 2.24. The van der Waals surface area contributed by atoms with E-state index in [-0.39, 0.29) is 6.04 Å². The van der Waals surface area contributed by atoms with Gasteiger partial charge < -0.3 is 0 Å². The SMILES string of the molecule is NNC(Cc1ccc(F)c(F)c1)Cc1sccc1Br. The average molecular weight is 347 g/mol. The number of nitrogens with one attached hydrogen (secondary N) is 1. The zero-order valence-corrected chi connectivity index (χ0v) is 12.4. The van der Waals surface area contributed by atoms with Crippen LogP contribution in [0.3, 0.4) is 0 Å². The van der Waals surface area contributed by atoms with Crippen LogP contribution in [0.25, 0.3) is 0 Å². The summed E-state index contributed by atoms with van der Waals surface area (Å²) in [6.45, 7) is 0. The first-order chi connectivity index (χ1) is 9.10. The van der Waals surface area contributed by atoms with Gasteiger partial charge >= 0.3 is 0 Å². The molecule has 0 fully saturated rings. The molecular formula is C13H13BrF2N2S. The van der Waals surface area contributed by atoms with Crippen molar-refractivity contribution in [2.45, 2.75) is 18.9 Å². The van der Waals surface area contributed by atoms with Crippen molar-refractivity contribution in [2.75, 3.05) is 0 Å². The highest BCUT2D eigenvalue weighted by atomic mass is 79.9. The van der Waals surface area contributed by atoms with Gasteiger partial charge in [0, 0.05) is 15.4 Å². The van der Waals surface area contributed by atoms with E-state index in [1.807, 2.05) is 11.4 Å². The fraction of sp³-hybridized carbons (Fsp3) is 0.231. The highest BCUT2D eigenvalue weighted by Gasteiger charge is 2.13. The number of hydrogen-bond donors (Lipinski definition) is 2. The molecule has 0 bridgehead atoms. The Morgan fingerprint density at radius 3 is 2.58 bits per heavy atom. The smallest absolute Gasteiger partial charge is 0.159 e. The van der Waals surface area contributed by atoms with Crippen molar-refractivity contribution < 1.29 is 8.78 Å². The summed E-state index contributed by atoms with van der Waals surface area (Å²) in [5.41, 5.74) is 3.44. The van der Waals surface area contributed by atoms with E-state index in [1.54, 1.807) is 17.4 Å². The quantitative estimate of drug-likeness (QED) is 0.643. The zero-order valence-electron chi connectivity index (χ0n) is 10.00. The van der Waals surface area contributed by atoms with Crippen molar-refractivity contribution in [1.82, 2.24) is 5.43 Å². The van der Waals surface area contributed by atoms with Crippen molar-refractivity contribution in [3.63, 3.8) is 0 Å². The van der Waals surface area contributed by atoms with Gasteiger partial charge in [0.2, 0.25) is 0 Å². The van der Waals surface area contributed by atoms with Crippen molar-refractivity contribution in [1.29, 1.82) is 0 Å². The maximum Gasteiger partial charge on any atom is 0.159 e. The first-order valence-corrected chi connectivity index (χ1v) is 7.39. The Morgan fingerprint density at radius 2 is 2.00 bits per heavy atom. The second kappa shape index (κ2) is 6.56. The minimum Gasteiger partial charge on any atom is -0.271 e. The second-order valence-electron chi connectivity index (χ2n) is 4.21. The van der Waals surface area contributed by atoms with Gasteiger partial charge in [0.1, 0.15) is 0 Å². The lowest BCUT2D eigenvalue weighted by molar-refractivity contribution is 0.498. The predicted octanol–water partition coefficient (Wildman–Crippen LogP) is 3.41. The number of nitrogens with two attached hydrogens (primary N) is 1. The summed E-state index contributed by atoms with van der Waals surface area (Å²) in [5.74, 6) is 3.87. The van der Waals surface area contributed by atoms with Crippen molar-refractivity contribution in [3.8, 4) is 0 Å². The van der Waals surface area contributed by atoms with Crippen LogP contribution >= 0.6 is 27.3 Å². The summed E-state index contributed by atoms with van der Waals surface area (Å²) in [4.78, 5) is 1.17. The number of thiophene rings is 1. The maximum absolute atomic E-state index is 13.1. The summed E-state index contributed by atoms with van der Waals surface area (Å²) in [6, 6.07) is 5.87. The molecule has 2 nitrogen and oxygen atoms in total. The third-order valence-corrected chi connectivity index (χ3v) is 4.77. The highest BCUT2D eigenvalue weighted by molar-refractivity contribution is 9.10. The molecule has 1 unspecified atom stereocenters. The minimum atomic E-state index is -0.831. The summed E-state index contributed by atoms with van der Waals surface area (Å²) < 4.78 is 27.0. The van der Waals surface area contributed by atoms with Crippen LogP contribution in [0.4, 0.5) is 8.78 Å². The van der Waals surface area contributed by atoms with Gasteiger partial charge in [0.25, 0.3) is 0 Å². The first-order valence-electron chi connectivity index (χ1n) is 5.72. The lowest BCUT2D eigenvalue weighted by Crippen LogP contribution is -2.38. The molecule has 1 aromatic heterocycles. The molecule has 2 rings (SSSR count). The molecule has 0 amide bonds. The Morgan fingerprint density at radius 1 is 1.21 bits per heavy atom. The number of benzene rings is 1. The van der Waals surface area contributed by atoms with Crippen LogP contribution in [-0.2, 0) is 12.8 Å². The van der Waals surface area contributed by atoms with E-state index in [2.05, 4.69) is 21.4 Å². The molecule has 3 N–H and O–H groups in total. The Labute approximate surface area is 122 Å². The fourth-order valence-electron chi connectivity index (χ4n) is 1.84. The Bertz CT molecular complexity index is 559. The van der Waals surface area contributed by atoms with Gasteiger partial charge in [-0.05, 0) is 57.9 Å². The van der Waals surface area contributed by atoms with Gasteiger partial charge in [-0.3, -0.25) is 11.3 Å². The minimum absolute atomic E-state index is 0.0280. The molecule has 2 aromatic rings. The molecule has 0 saturated carbocycles. The van der Waals surface area contributed by atoms with E-state index >= 15 is 0 Å². The predicted molar refractivity (Wildman–Crippen MR) is 76.9 cm³/mol. The number of rotatable bonds is 5. The standard InChI is InChI=1S/C13H13BrF2N2S/c14-10-3-4-19-13(10)7-9(18-17)5-8-1-2-11(15)12(16)6-8/h1-4,6,9,18H,5,7,17H2. The number of hydrazine groups is 1. The first kappa shape index (κ1) is 14.6. The topological polar surface area (TPSA) is 38.0 Å². The van der Waals surface area contributed by atoms with Crippen LogP contribution in [0, 0.1) is 11.6 Å². The van der Waals surface area contributed by atoms with Crippen molar-refractivity contribution >= 4 is 27.3 Å². The molecule has 1 aromatic carbocycles. The number of halogens is 3. The van der Waals surface area contributed by atoms with E-state index in [0.29, 0.717) is 6.42 Å². The largest absolute Gasteiger partial charge is 0.271 e. The lowest BCUT2D eigenvalue weighted by Gasteiger charge is -2.15. The number of hydrogen-bond acceptors (Lipinski definition) is 3. The Kier molecular flexibility index (Phi) is 5.04. The van der Waals surface area contributed by atoms with E-state index in [1.165, 1.54) is 10.9 Å². The second-order valence-corrected chi connectivity index (χ2v) is 6.07. The molecule has 0 aliphatic heterocycles. The molecule has 1 atom stereocenters. The van der Waals surface area contributed by atoms with E-state index in [4.69, 9.17) is 5.84 Å². The van der Waals surface area contributed by atoms with Crippen LogP contribution in [0.15, 0.2) is 34.1 Å². The maximum atomic E-state index is 13.1. The van der Waals surface area contributed by atoms with Crippen LogP contribution in [0.5, 0.6) is 0 Å². The average Bonchev–Trinajstić information content (AvgIpc) is 2.78. The van der Waals surface area contributed by atoms with E-state index in [9.17, 15) is 8.78 Å². The van der Waals surface area contributed by atoms with Crippen LogP contribution in [0.2, 0.25) is 0 Å².